The van der Waals surface area contributed by atoms with Crippen LogP contribution in [-0.2, 0) is 4.74 Å². The molecule has 0 bridgehead atoms. The first-order valence-electron chi connectivity index (χ1n) is 4.85. The Bertz CT molecular complexity index is 232. The van der Waals surface area contributed by atoms with Crippen LogP contribution in [0.1, 0.15) is 27.2 Å². The lowest BCUT2D eigenvalue weighted by atomic mass is 9.86. The molecule has 4 N–H and O–H groups in total. The van der Waals surface area contributed by atoms with E-state index in [1.165, 1.54) is 0 Å². The quantitative estimate of drug-likeness (QED) is 0.600. The minimum atomic E-state index is -0.917. The maximum atomic E-state index is 11.1. The van der Waals surface area contributed by atoms with Gasteiger partial charge in [-0.05, 0) is 20.3 Å². The minimum absolute atomic E-state index is 0.257. The first-order valence-corrected chi connectivity index (χ1v) is 4.85. The monoisotopic (exact) mass is 202 g/mol. The van der Waals surface area contributed by atoms with Crippen LogP contribution < -0.4 is 11.1 Å². The number of aliphatic hydroxyl groups excluding tert-OH is 1. The molecular formula is C9H18N2O3. The average molecular weight is 202 g/mol. The van der Waals surface area contributed by atoms with Gasteiger partial charge >= 0.3 is 6.09 Å². The second kappa shape index (κ2) is 3.74. The smallest absolute Gasteiger partial charge is 0.408 e. The molecule has 0 radical (unpaired) electrons. The van der Waals surface area contributed by atoms with E-state index in [1.54, 1.807) is 13.8 Å². The van der Waals surface area contributed by atoms with Gasteiger partial charge in [-0.2, -0.15) is 0 Å². The van der Waals surface area contributed by atoms with Crippen molar-refractivity contribution in [1.29, 1.82) is 0 Å². The highest BCUT2D eigenvalue weighted by Crippen LogP contribution is 2.29. The van der Waals surface area contributed by atoms with Crippen LogP contribution in [0.3, 0.4) is 0 Å². The van der Waals surface area contributed by atoms with Gasteiger partial charge in [0.15, 0.2) is 5.60 Å². The first-order chi connectivity index (χ1) is 6.41. The molecule has 0 saturated carbocycles. The highest BCUT2D eigenvalue weighted by atomic mass is 16.6. The Morgan fingerprint density at radius 3 is 2.79 bits per heavy atom. The van der Waals surface area contributed by atoms with Crippen molar-refractivity contribution in [2.24, 2.45) is 5.73 Å². The Labute approximate surface area is 83.6 Å². The molecule has 4 atom stereocenters. The number of ether oxygens (including phenoxy) is 1. The van der Waals surface area contributed by atoms with Gasteiger partial charge in [-0.15, -0.1) is 0 Å². The van der Waals surface area contributed by atoms with Gasteiger partial charge in [0.1, 0.15) is 0 Å². The van der Waals surface area contributed by atoms with Gasteiger partial charge in [0.2, 0.25) is 0 Å². The maximum Gasteiger partial charge on any atom is 0.408 e. The molecule has 1 aliphatic rings. The Balaban J connectivity index is 2.88. The van der Waals surface area contributed by atoms with Crippen molar-refractivity contribution in [3.05, 3.63) is 0 Å². The predicted molar refractivity (Wildman–Crippen MR) is 51.8 cm³/mol. The van der Waals surface area contributed by atoms with Gasteiger partial charge in [0, 0.05) is 6.04 Å². The minimum Gasteiger partial charge on any atom is -0.438 e. The molecule has 5 heteroatoms. The second-order valence-corrected chi connectivity index (χ2v) is 3.98. The molecule has 0 aliphatic carbocycles. The summed E-state index contributed by atoms with van der Waals surface area (Å²) < 4.78 is 5.10. The number of hydrogen-bond donors (Lipinski definition) is 3. The highest BCUT2D eigenvalue weighted by Gasteiger charge is 2.51. The highest BCUT2D eigenvalue weighted by molar-refractivity contribution is 5.71. The number of alkyl carbamates (subject to hydrolysis) is 1. The number of carbonyl (C=O) groups excluding carboxylic acids is 1. The van der Waals surface area contributed by atoms with E-state index in [1.807, 2.05) is 6.92 Å². The third-order valence-corrected chi connectivity index (χ3v) is 2.78. The van der Waals surface area contributed by atoms with E-state index in [4.69, 9.17) is 10.5 Å². The van der Waals surface area contributed by atoms with Gasteiger partial charge < -0.3 is 20.9 Å². The maximum absolute atomic E-state index is 11.1. The number of nitrogens with two attached hydrogens (primary N) is 1. The number of rotatable bonds is 3. The lowest BCUT2D eigenvalue weighted by Gasteiger charge is -2.34. The fourth-order valence-electron chi connectivity index (χ4n) is 1.90. The van der Waals surface area contributed by atoms with E-state index in [9.17, 15) is 9.90 Å². The fourth-order valence-corrected chi connectivity index (χ4v) is 1.90. The summed E-state index contributed by atoms with van der Waals surface area (Å²) in [6.07, 6.45) is -0.686. The lowest BCUT2D eigenvalue weighted by molar-refractivity contribution is -0.0607. The molecule has 1 fully saturated rings. The van der Waals surface area contributed by atoms with Gasteiger partial charge in [0.05, 0.1) is 12.1 Å². The van der Waals surface area contributed by atoms with Gasteiger partial charge in [-0.3, -0.25) is 0 Å². The van der Waals surface area contributed by atoms with Crippen molar-refractivity contribution in [1.82, 2.24) is 5.32 Å². The van der Waals surface area contributed by atoms with Crippen LogP contribution in [0.15, 0.2) is 0 Å². The van der Waals surface area contributed by atoms with Gasteiger partial charge in [-0.1, -0.05) is 6.92 Å². The molecule has 0 aromatic carbocycles. The topological polar surface area (TPSA) is 84.6 Å². The molecule has 1 rings (SSSR count). The van der Waals surface area contributed by atoms with Crippen LogP contribution in [0.2, 0.25) is 0 Å². The molecule has 0 aromatic heterocycles. The molecule has 0 spiro atoms. The normalized spacial score (nSPS) is 36.1. The average Bonchev–Trinajstić information content (AvgIpc) is 2.41. The molecule has 0 aromatic rings. The number of carbonyl (C=O) groups is 1. The number of amides is 1. The zero-order valence-corrected chi connectivity index (χ0v) is 8.78. The Kier molecular flexibility index (Phi) is 3.01. The van der Waals surface area contributed by atoms with Crippen LogP contribution in [-0.4, -0.2) is 35.0 Å². The third kappa shape index (κ3) is 1.69. The molecular weight excluding hydrogens is 184 g/mol. The summed E-state index contributed by atoms with van der Waals surface area (Å²) in [5.41, 5.74) is 4.81. The van der Waals surface area contributed by atoms with Crippen molar-refractivity contribution in [2.75, 3.05) is 0 Å². The molecule has 1 saturated heterocycles. The van der Waals surface area contributed by atoms with Crippen LogP contribution >= 0.6 is 0 Å². The molecule has 0 unspecified atom stereocenters. The number of nitrogens with one attached hydrogen (secondary N) is 1. The first kappa shape index (κ1) is 11.3. The van der Waals surface area contributed by atoms with Gasteiger partial charge in [0.25, 0.3) is 0 Å². The Hall–Kier alpha value is -0.810. The zero-order valence-electron chi connectivity index (χ0n) is 8.78. The summed E-state index contributed by atoms with van der Waals surface area (Å²) >= 11 is 0. The standard InChI is InChI=1S/C9H18N2O3/c1-4-6(12)9(3)7(5(2)10)11-8(13)14-9/h5-7,12H,4,10H2,1-3H3,(H,11,13)/t5-,6-,7-,9-/m1/s1. The Morgan fingerprint density at radius 2 is 2.36 bits per heavy atom. The van der Waals surface area contributed by atoms with Crippen LogP contribution in [0.4, 0.5) is 4.79 Å². The molecule has 5 nitrogen and oxygen atoms in total. The fraction of sp³-hybridized carbons (Fsp3) is 0.889. The number of cyclic esters (lactones) is 1. The van der Waals surface area contributed by atoms with E-state index in [0.29, 0.717) is 6.42 Å². The number of aliphatic hydroxyl groups is 1. The summed E-state index contributed by atoms with van der Waals surface area (Å²) in [6.45, 7) is 5.31. The predicted octanol–water partition coefficient (Wildman–Crippen LogP) is -0.0284. The van der Waals surface area contributed by atoms with Crippen molar-refractivity contribution < 1.29 is 14.6 Å². The summed E-state index contributed by atoms with van der Waals surface area (Å²) in [4.78, 5) is 11.1. The van der Waals surface area contributed by atoms with E-state index in [-0.39, 0.29) is 12.1 Å². The second-order valence-electron chi connectivity index (χ2n) is 3.98. The Morgan fingerprint density at radius 1 is 1.79 bits per heavy atom. The molecule has 1 aliphatic heterocycles. The lowest BCUT2D eigenvalue weighted by Crippen LogP contribution is -2.57. The molecule has 82 valence electrons. The van der Waals surface area contributed by atoms with E-state index in [2.05, 4.69) is 5.32 Å². The van der Waals surface area contributed by atoms with Crippen LogP contribution in [0.25, 0.3) is 0 Å². The summed E-state index contributed by atoms with van der Waals surface area (Å²) in [7, 11) is 0. The SMILES string of the molecule is CC[C@@H](O)[C@@]1(C)OC(=O)N[C@@H]1[C@@H](C)N. The molecule has 1 heterocycles. The van der Waals surface area contributed by atoms with E-state index < -0.39 is 17.8 Å². The van der Waals surface area contributed by atoms with Crippen LogP contribution in [0.5, 0.6) is 0 Å². The van der Waals surface area contributed by atoms with Crippen molar-refractivity contribution in [3.63, 3.8) is 0 Å². The summed E-state index contributed by atoms with van der Waals surface area (Å²) in [5.74, 6) is 0. The number of hydrogen-bond acceptors (Lipinski definition) is 4. The zero-order chi connectivity index (χ0) is 10.9. The van der Waals surface area contributed by atoms with Crippen molar-refractivity contribution >= 4 is 6.09 Å². The third-order valence-electron chi connectivity index (χ3n) is 2.78. The largest absolute Gasteiger partial charge is 0.438 e. The van der Waals surface area contributed by atoms with E-state index in [0.717, 1.165) is 0 Å². The van der Waals surface area contributed by atoms with Crippen molar-refractivity contribution in [3.8, 4) is 0 Å². The van der Waals surface area contributed by atoms with Crippen molar-refractivity contribution in [2.45, 2.75) is 51.0 Å². The summed E-state index contributed by atoms with van der Waals surface area (Å²) in [5, 5.41) is 12.4. The molecule has 1 amide bonds. The van der Waals surface area contributed by atoms with Crippen LogP contribution in [0, 0.1) is 0 Å². The summed E-state index contributed by atoms with van der Waals surface area (Å²) in [6, 6.07) is -0.599. The van der Waals surface area contributed by atoms with Gasteiger partial charge in [-0.25, -0.2) is 4.79 Å². The van der Waals surface area contributed by atoms with E-state index >= 15 is 0 Å². The molecule has 14 heavy (non-hydrogen) atoms.